The van der Waals surface area contributed by atoms with Gasteiger partial charge in [0.25, 0.3) is 0 Å². The zero-order valence-corrected chi connectivity index (χ0v) is 10.2. The van der Waals surface area contributed by atoms with E-state index in [4.69, 9.17) is 16.7 Å². The Morgan fingerprint density at radius 2 is 2.00 bits per heavy atom. The van der Waals surface area contributed by atoms with Gasteiger partial charge in [0.05, 0.1) is 5.02 Å². The third-order valence-corrected chi connectivity index (χ3v) is 3.11. The minimum atomic E-state index is -4.80. The number of carbonyl (C=O) groups is 1. The van der Waals surface area contributed by atoms with E-state index in [0.717, 1.165) is 0 Å². The predicted molar refractivity (Wildman–Crippen MR) is 64.1 cm³/mol. The number of benzene rings is 1. The molecule has 19 heavy (non-hydrogen) atoms. The van der Waals surface area contributed by atoms with Crippen molar-refractivity contribution in [3.8, 4) is 0 Å². The summed E-state index contributed by atoms with van der Waals surface area (Å²) in [5.74, 6) is -4.36. The van der Waals surface area contributed by atoms with Crippen molar-refractivity contribution in [2.24, 2.45) is 5.92 Å². The van der Waals surface area contributed by atoms with Gasteiger partial charge in [0.2, 0.25) is 0 Å². The highest BCUT2D eigenvalue weighted by Crippen LogP contribution is 2.31. The number of rotatable bonds is 3. The molecule has 2 aromatic rings. The zero-order chi connectivity index (χ0) is 14.2. The molecule has 0 spiro atoms. The number of fused-ring (bicyclic) bond motifs is 1. The van der Waals surface area contributed by atoms with E-state index in [-0.39, 0.29) is 0 Å². The first-order chi connectivity index (χ1) is 8.80. The molecule has 0 bridgehead atoms. The topological polar surface area (TPSA) is 42.2 Å². The molecule has 1 aromatic heterocycles. The first kappa shape index (κ1) is 13.7. The van der Waals surface area contributed by atoms with Crippen LogP contribution in [0.4, 0.5) is 13.2 Å². The second kappa shape index (κ2) is 4.77. The van der Waals surface area contributed by atoms with Gasteiger partial charge in [0.15, 0.2) is 5.92 Å². The normalized spacial score (nSPS) is 13.7. The largest absolute Gasteiger partial charge is 0.481 e. The van der Waals surface area contributed by atoms with E-state index >= 15 is 0 Å². The number of aromatic nitrogens is 1. The lowest BCUT2D eigenvalue weighted by Gasteiger charge is -2.17. The van der Waals surface area contributed by atoms with E-state index < -0.39 is 24.6 Å². The molecule has 0 aliphatic heterocycles. The lowest BCUT2D eigenvalue weighted by molar-refractivity contribution is -0.195. The van der Waals surface area contributed by atoms with Crippen LogP contribution in [0.1, 0.15) is 0 Å². The number of hydrogen-bond acceptors (Lipinski definition) is 1. The number of alkyl halides is 3. The van der Waals surface area contributed by atoms with Gasteiger partial charge in [-0.3, -0.25) is 4.79 Å². The van der Waals surface area contributed by atoms with Crippen LogP contribution in [0.25, 0.3) is 10.9 Å². The molecule has 0 radical (unpaired) electrons. The maximum Gasteiger partial charge on any atom is 0.403 e. The number of nitrogens with zero attached hydrogens (tertiary/aromatic N) is 1. The van der Waals surface area contributed by atoms with Crippen LogP contribution >= 0.6 is 11.6 Å². The van der Waals surface area contributed by atoms with Crippen LogP contribution in [0.5, 0.6) is 0 Å². The fourth-order valence-corrected chi connectivity index (χ4v) is 2.15. The van der Waals surface area contributed by atoms with Gasteiger partial charge in [-0.15, -0.1) is 0 Å². The van der Waals surface area contributed by atoms with Crippen LogP contribution in [0.15, 0.2) is 30.5 Å². The number of aliphatic carboxylic acids is 1. The van der Waals surface area contributed by atoms with E-state index in [1.54, 1.807) is 24.3 Å². The Hall–Kier alpha value is -1.69. The Labute approximate surface area is 111 Å². The highest BCUT2D eigenvalue weighted by atomic mass is 35.5. The molecule has 1 aromatic carbocycles. The maximum atomic E-state index is 12.6. The van der Waals surface area contributed by atoms with Crippen molar-refractivity contribution in [2.45, 2.75) is 12.7 Å². The third kappa shape index (κ3) is 2.68. The summed E-state index contributed by atoms with van der Waals surface area (Å²) < 4.78 is 39.1. The van der Waals surface area contributed by atoms with Gasteiger partial charge in [-0.05, 0) is 6.07 Å². The average molecular weight is 292 g/mol. The Balaban J connectivity index is 2.43. The Bertz CT molecular complexity index is 621. The monoisotopic (exact) mass is 291 g/mol. The molecule has 1 N–H and O–H groups in total. The molecule has 102 valence electrons. The fraction of sp³-hybridized carbons (Fsp3) is 0.250. The molecular formula is C12H9ClF3NO2. The molecule has 1 unspecified atom stereocenters. The summed E-state index contributed by atoms with van der Waals surface area (Å²) in [5, 5.41) is 9.57. The van der Waals surface area contributed by atoms with Crippen molar-refractivity contribution in [2.75, 3.05) is 0 Å². The van der Waals surface area contributed by atoms with E-state index in [1.165, 1.54) is 10.8 Å². The molecule has 0 fully saturated rings. The van der Waals surface area contributed by atoms with Gasteiger partial charge in [0, 0.05) is 23.6 Å². The van der Waals surface area contributed by atoms with Crippen LogP contribution in [0, 0.1) is 5.92 Å². The summed E-state index contributed by atoms with van der Waals surface area (Å²) in [6.45, 7) is -0.702. The van der Waals surface area contributed by atoms with E-state index in [9.17, 15) is 18.0 Å². The SMILES string of the molecule is O=C(O)C(Cn1cc(Cl)c2ccccc21)C(F)(F)F. The Morgan fingerprint density at radius 1 is 1.37 bits per heavy atom. The van der Waals surface area contributed by atoms with Gasteiger partial charge < -0.3 is 9.67 Å². The summed E-state index contributed by atoms with van der Waals surface area (Å²) >= 11 is 5.91. The molecule has 3 nitrogen and oxygen atoms in total. The second-order valence-electron chi connectivity index (χ2n) is 4.08. The van der Waals surface area contributed by atoms with Crippen LogP contribution in [-0.2, 0) is 11.3 Å². The van der Waals surface area contributed by atoms with Crippen LogP contribution in [-0.4, -0.2) is 21.8 Å². The van der Waals surface area contributed by atoms with E-state index in [2.05, 4.69) is 0 Å². The molecule has 0 aliphatic rings. The minimum absolute atomic E-state index is 0.293. The van der Waals surface area contributed by atoms with Crippen molar-refractivity contribution in [1.82, 2.24) is 4.57 Å². The molecule has 7 heteroatoms. The average Bonchev–Trinajstić information content (AvgIpc) is 2.62. The van der Waals surface area contributed by atoms with Crippen LogP contribution in [0.2, 0.25) is 5.02 Å². The van der Waals surface area contributed by atoms with Crippen molar-refractivity contribution >= 4 is 28.5 Å². The summed E-state index contributed by atoms with van der Waals surface area (Å²) in [6.07, 6.45) is -3.49. The van der Waals surface area contributed by atoms with Crippen LogP contribution < -0.4 is 0 Å². The number of para-hydroxylation sites is 1. The molecule has 0 amide bonds. The quantitative estimate of drug-likeness (QED) is 0.939. The molecular weight excluding hydrogens is 283 g/mol. The lowest BCUT2D eigenvalue weighted by Crippen LogP contribution is -2.34. The summed E-state index contributed by atoms with van der Waals surface area (Å²) in [4.78, 5) is 10.7. The highest BCUT2D eigenvalue weighted by Gasteiger charge is 2.45. The van der Waals surface area contributed by atoms with E-state index in [1.807, 2.05) is 0 Å². The smallest absolute Gasteiger partial charge is 0.403 e. The molecule has 0 saturated heterocycles. The fourth-order valence-electron chi connectivity index (χ4n) is 1.87. The van der Waals surface area contributed by atoms with Crippen molar-refractivity contribution in [3.63, 3.8) is 0 Å². The van der Waals surface area contributed by atoms with Gasteiger partial charge in [0.1, 0.15) is 0 Å². The molecule has 2 rings (SSSR count). The maximum absolute atomic E-state index is 12.6. The van der Waals surface area contributed by atoms with Gasteiger partial charge in [-0.25, -0.2) is 0 Å². The predicted octanol–water partition coefficient (Wildman–Crippen LogP) is 3.56. The molecule has 0 aliphatic carbocycles. The van der Waals surface area contributed by atoms with Gasteiger partial charge in [-0.1, -0.05) is 29.8 Å². The second-order valence-corrected chi connectivity index (χ2v) is 4.49. The van der Waals surface area contributed by atoms with E-state index in [0.29, 0.717) is 15.9 Å². The molecule has 0 saturated carbocycles. The standard InChI is InChI=1S/C12H9ClF3NO2/c13-9-6-17(10-4-2-1-3-7(9)10)5-8(11(18)19)12(14,15)16/h1-4,6,8H,5H2,(H,18,19). The molecule has 1 heterocycles. The first-order valence-electron chi connectivity index (χ1n) is 5.33. The number of carboxylic acids is 1. The Kier molecular flexibility index (Phi) is 3.45. The number of hydrogen-bond donors (Lipinski definition) is 1. The summed E-state index contributed by atoms with van der Waals surface area (Å²) in [6, 6.07) is 6.61. The van der Waals surface area contributed by atoms with Crippen molar-refractivity contribution in [3.05, 3.63) is 35.5 Å². The third-order valence-electron chi connectivity index (χ3n) is 2.81. The van der Waals surface area contributed by atoms with Crippen molar-refractivity contribution < 1.29 is 23.1 Å². The van der Waals surface area contributed by atoms with Gasteiger partial charge >= 0.3 is 12.1 Å². The first-order valence-corrected chi connectivity index (χ1v) is 5.71. The Morgan fingerprint density at radius 3 is 2.58 bits per heavy atom. The molecule has 1 atom stereocenters. The van der Waals surface area contributed by atoms with Gasteiger partial charge in [-0.2, -0.15) is 13.2 Å². The van der Waals surface area contributed by atoms with Crippen LogP contribution in [0.3, 0.4) is 0 Å². The lowest BCUT2D eigenvalue weighted by atomic mass is 10.1. The highest BCUT2D eigenvalue weighted by molar-refractivity contribution is 6.35. The summed E-state index contributed by atoms with van der Waals surface area (Å²) in [7, 11) is 0. The number of carboxylic acid groups (broad SMARTS) is 1. The number of halogens is 4. The zero-order valence-electron chi connectivity index (χ0n) is 9.49. The minimum Gasteiger partial charge on any atom is -0.481 e. The van der Waals surface area contributed by atoms with Crippen molar-refractivity contribution in [1.29, 1.82) is 0 Å². The summed E-state index contributed by atoms with van der Waals surface area (Å²) in [5.41, 5.74) is 0.475.